The molecule has 0 fully saturated rings. The minimum absolute atomic E-state index is 0.586. The number of ether oxygens (including phenoxy) is 1. The van der Waals surface area contributed by atoms with Gasteiger partial charge in [-0.2, -0.15) is 5.10 Å². The zero-order valence-electron chi connectivity index (χ0n) is 14.3. The van der Waals surface area contributed by atoms with Crippen molar-refractivity contribution in [1.29, 1.82) is 0 Å². The van der Waals surface area contributed by atoms with Crippen molar-refractivity contribution in [3.05, 3.63) is 67.3 Å². The van der Waals surface area contributed by atoms with Gasteiger partial charge in [0.15, 0.2) is 0 Å². The minimum Gasteiger partial charge on any atom is -0.466 e. The number of aliphatic hydroxyl groups is 1. The molecule has 3 rings (SSSR count). The Balaban J connectivity index is 1.75. The fraction of sp³-hybridized carbons (Fsp3) is 0.300. The number of aromatic nitrogens is 3. The normalized spacial score (nSPS) is 13.4. The quantitative estimate of drug-likeness (QED) is 0.673. The summed E-state index contributed by atoms with van der Waals surface area (Å²) in [5, 5.41) is 14.6. The Labute approximate surface area is 147 Å². The first-order valence-electron chi connectivity index (χ1n) is 8.62. The van der Waals surface area contributed by atoms with Crippen molar-refractivity contribution in [3.8, 4) is 16.9 Å². The molecule has 0 bridgehead atoms. The molecule has 0 radical (unpaired) electrons. The summed E-state index contributed by atoms with van der Waals surface area (Å²) >= 11 is 0. The van der Waals surface area contributed by atoms with Crippen molar-refractivity contribution >= 4 is 0 Å². The lowest BCUT2D eigenvalue weighted by Crippen LogP contribution is -2.29. The largest absolute Gasteiger partial charge is 0.466 e. The molecule has 1 N–H and O–H groups in total. The average Bonchev–Trinajstić information content (AvgIpc) is 3.20. The highest BCUT2D eigenvalue weighted by atomic mass is 16.5. The molecule has 1 aromatic heterocycles. The zero-order chi connectivity index (χ0) is 17.5. The van der Waals surface area contributed by atoms with E-state index < -0.39 is 12.3 Å². The number of aliphatic hydroxyl groups excluding tert-OH is 1. The molecule has 1 heterocycles. The van der Waals surface area contributed by atoms with Crippen LogP contribution >= 0.6 is 0 Å². The van der Waals surface area contributed by atoms with Gasteiger partial charge in [0.25, 0.3) is 0 Å². The molecule has 0 saturated heterocycles. The molecule has 5 heteroatoms. The van der Waals surface area contributed by atoms with Gasteiger partial charge in [0, 0.05) is 0 Å². The summed E-state index contributed by atoms with van der Waals surface area (Å²) in [6.07, 6.45) is 4.39. The molecule has 0 aliphatic heterocycles. The Morgan fingerprint density at radius 3 is 2.40 bits per heavy atom. The van der Waals surface area contributed by atoms with E-state index in [0.29, 0.717) is 12.2 Å². The van der Waals surface area contributed by atoms with Crippen LogP contribution in [0.4, 0.5) is 0 Å². The van der Waals surface area contributed by atoms with Gasteiger partial charge in [-0.25, -0.2) is 9.67 Å². The number of nitrogens with zero attached hydrogens (tertiary/aromatic N) is 3. The van der Waals surface area contributed by atoms with E-state index in [2.05, 4.69) is 29.1 Å². The molecule has 130 valence electrons. The third-order valence-corrected chi connectivity index (χ3v) is 4.10. The maximum atomic E-state index is 10.5. The first kappa shape index (κ1) is 17.2. The van der Waals surface area contributed by atoms with Gasteiger partial charge in [0.05, 0.1) is 0 Å². The third kappa shape index (κ3) is 4.45. The van der Waals surface area contributed by atoms with E-state index >= 15 is 0 Å². The van der Waals surface area contributed by atoms with Gasteiger partial charge in [-0.3, -0.25) is 0 Å². The summed E-state index contributed by atoms with van der Waals surface area (Å²) in [5.41, 5.74) is 2.28. The fourth-order valence-electron chi connectivity index (χ4n) is 2.71. The maximum Gasteiger partial charge on any atom is 0.218 e. The van der Waals surface area contributed by atoms with Gasteiger partial charge in [0.1, 0.15) is 24.5 Å². The van der Waals surface area contributed by atoms with Crippen molar-refractivity contribution in [2.75, 3.05) is 0 Å². The molecule has 0 aliphatic rings. The minimum atomic E-state index is -0.643. The summed E-state index contributed by atoms with van der Waals surface area (Å²) < 4.78 is 7.58. The maximum absolute atomic E-state index is 10.5. The van der Waals surface area contributed by atoms with E-state index in [1.165, 1.54) is 6.33 Å². The Morgan fingerprint density at radius 2 is 1.76 bits per heavy atom. The summed E-state index contributed by atoms with van der Waals surface area (Å²) in [4.78, 5) is 3.96. The van der Waals surface area contributed by atoms with E-state index in [9.17, 15) is 5.11 Å². The van der Waals surface area contributed by atoms with E-state index in [1.54, 1.807) is 11.0 Å². The smallest absolute Gasteiger partial charge is 0.218 e. The van der Waals surface area contributed by atoms with Crippen LogP contribution in [0.25, 0.3) is 11.1 Å². The third-order valence-electron chi connectivity index (χ3n) is 4.10. The molecule has 0 saturated carbocycles. The number of hydrogen-bond acceptors (Lipinski definition) is 4. The molecule has 3 aromatic rings. The van der Waals surface area contributed by atoms with Gasteiger partial charge in [-0.05, 0) is 29.7 Å². The van der Waals surface area contributed by atoms with Crippen LogP contribution in [0.2, 0.25) is 0 Å². The summed E-state index contributed by atoms with van der Waals surface area (Å²) in [6.45, 7) is 2.10. The molecule has 2 atom stereocenters. The van der Waals surface area contributed by atoms with Gasteiger partial charge < -0.3 is 9.84 Å². The SMILES string of the molecule is CCCCC(O)C(Oc1ccc(-c2ccccc2)cc1)n1cncn1. The lowest BCUT2D eigenvalue weighted by molar-refractivity contribution is -0.0226. The van der Waals surface area contributed by atoms with Crippen LogP contribution in [0.15, 0.2) is 67.3 Å². The average molecular weight is 337 g/mol. The molecular weight excluding hydrogens is 314 g/mol. The Bertz CT molecular complexity index is 742. The first-order valence-corrected chi connectivity index (χ1v) is 8.62. The molecule has 25 heavy (non-hydrogen) atoms. The van der Waals surface area contributed by atoms with Crippen molar-refractivity contribution in [2.24, 2.45) is 0 Å². The molecule has 0 aliphatic carbocycles. The Morgan fingerprint density at radius 1 is 1.04 bits per heavy atom. The molecule has 5 nitrogen and oxygen atoms in total. The number of rotatable bonds is 8. The highest BCUT2D eigenvalue weighted by Gasteiger charge is 2.23. The second-order valence-electron chi connectivity index (χ2n) is 5.98. The molecule has 2 unspecified atom stereocenters. The van der Waals surface area contributed by atoms with Crippen LogP contribution in [0.5, 0.6) is 5.75 Å². The van der Waals surface area contributed by atoms with Crippen LogP contribution in [0, 0.1) is 0 Å². The van der Waals surface area contributed by atoms with E-state index in [4.69, 9.17) is 4.74 Å². The highest BCUT2D eigenvalue weighted by Crippen LogP contribution is 2.26. The van der Waals surface area contributed by atoms with Gasteiger partial charge in [0.2, 0.25) is 6.23 Å². The van der Waals surface area contributed by atoms with Crippen molar-refractivity contribution in [3.63, 3.8) is 0 Å². The molecular formula is C20H23N3O2. The second kappa shape index (κ2) is 8.44. The molecule has 0 spiro atoms. The molecule has 2 aromatic carbocycles. The highest BCUT2D eigenvalue weighted by molar-refractivity contribution is 5.63. The van der Waals surface area contributed by atoms with Gasteiger partial charge in [-0.15, -0.1) is 0 Å². The Kier molecular flexibility index (Phi) is 5.80. The predicted octanol–water partition coefficient (Wildman–Crippen LogP) is 4.07. The van der Waals surface area contributed by atoms with E-state index in [0.717, 1.165) is 24.0 Å². The fourth-order valence-corrected chi connectivity index (χ4v) is 2.71. The number of benzene rings is 2. The molecule has 0 amide bonds. The van der Waals surface area contributed by atoms with Gasteiger partial charge >= 0.3 is 0 Å². The van der Waals surface area contributed by atoms with E-state index in [1.807, 2.05) is 42.5 Å². The monoisotopic (exact) mass is 337 g/mol. The van der Waals surface area contributed by atoms with Gasteiger partial charge in [-0.1, -0.05) is 62.2 Å². The summed E-state index contributed by atoms with van der Waals surface area (Å²) in [7, 11) is 0. The lowest BCUT2D eigenvalue weighted by Gasteiger charge is -2.24. The van der Waals surface area contributed by atoms with Crippen molar-refractivity contribution in [2.45, 2.75) is 38.5 Å². The van der Waals surface area contributed by atoms with Crippen LogP contribution in [0.3, 0.4) is 0 Å². The first-order chi connectivity index (χ1) is 12.3. The number of unbranched alkanes of at least 4 members (excludes halogenated alkanes) is 1. The predicted molar refractivity (Wildman–Crippen MR) is 97.1 cm³/mol. The van der Waals surface area contributed by atoms with Crippen molar-refractivity contribution in [1.82, 2.24) is 14.8 Å². The van der Waals surface area contributed by atoms with Crippen LogP contribution in [-0.2, 0) is 0 Å². The zero-order valence-corrected chi connectivity index (χ0v) is 14.3. The summed E-state index contributed by atoms with van der Waals surface area (Å²) in [6, 6.07) is 18.0. The van der Waals surface area contributed by atoms with Crippen molar-refractivity contribution < 1.29 is 9.84 Å². The van der Waals surface area contributed by atoms with Crippen LogP contribution in [-0.4, -0.2) is 26.0 Å². The summed E-state index contributed by atoms with van der Waals surface area (Å²) in [5.74, 6) is 0.690. The lowest BCUT2D eigenvalue weighted by atomic mass is 10.1. The van der Waals surface area contributed by atoms with Crippen LogP contribution in [0.1, 0.15) is 32.4 Å². The van der Waals surface area contributed by atoms with E-state index in [-0.39, 0.29) is 0 Å². The topological polar surface area (TPSA) is 60.2 Å². The van der Waals surface area contributed by atoms with Crippen LogP contribution < -0.4 is 4.74 Å². The second-order valence-corrected chi connectivity index (χ2v) is 5.98. The Hall–Kier alpha value is -2.66. The number of hydrogen-bond donors (Lipinski definition) is 1. The standard InChI is InChI=1S/C20H23N3O2/c1-2-3-9-19(24)20(23-15-21-14-22-23)25-18-12-10-17(11-13-18)16-7-5-4-6-8-16/h4-8,10-15,19-20,24H,2-3,9H2,1H3.